The van der Waals surface area contributed by atoms with Gasteiger partial charge in [0.05, 0.1) is 11.4 Å². The first kappa shape index (κ1) is 29.0. The summed E-state index contributed by atoms with van der Waals surface area (Å²) in [5.41, 5.74) is 4.71. The number of aromatic nitrogens is 2. The molecular weight excluding hydrogens is 521 g/mol. The molecule has 6 heteroatoms. The first-order chi connectivity index (χ1) is 9.18. The molecule has 0 N–H and O–H groups in total. The molecule has 0 unspecified atom stereocenters. The first-order valence-electron chi connectivity index (χ1n) is 7.11. The number of hydrogen-bond donors (Lipinski definition) is 0. The molecular formula is C18H24Br2N2Ni2+2. The fraction of sp³-hybridized carbons (Fsp3) is 0.444. The van der Waals surface area contributed by atoms with Gasteiger partial charge < -0.3 is 34.0 Å². The molecule has 2 aromatic heterocycles. The van der Waals surface area contributed by atoms with E-state index in [9.17, 15) is 0 Å². The van der Waals surface area contributed by atoms with Gasteiger partial charge in [0.1, 0.15) is 0 Å². The van der Waals surface area contributed by atoms with Crippen LogP contribution in [0.25, 0.3) is 11.4 Å². The number of nitrogens with zero attached hydrogens (tertiary/aromatic N) is 2. The Kier molecular flexibility index (Phi) is 13.4. The monoisotopic (exact) mass is 542 g/mol. The Morgan fingerprint density at radius 2 is 0.917 bits per heavy atom. The van der Waals surface area contributed by atoms with Crippen molar-refractivity contribution >= 4 is 0 Å². The molecule has 0 radical (unpaired) electrons. The van der Waals surface area contributed by atoms with Gasteiger partial charge >= 0.3 is 33.0 Å². The average molecular weight is 546 g/mol. The van der Waals surface area contributed by atoms with E-state index in [2.05, 4.69) is 75.8 Å². The molecule has 2 aromatic rings. The Bertz CT molecular complexity index is 565. The Labute approximate surface area is 187 Å². The predicted molar refractivity (Wildman–Crippen MR) is 84.9 cm³/mol. The second-order valence-electron chi connectivity index (χ2n) is 7.36. The van der Waals surface area contributed by atoms with Crippen molar-refractivity contribution in [3.05, 3.63) is 47.8 Å². The van der Waals surface area contributed by atoms with E-state index in [1.54, 1.807) is 0 Å². The van der Waals surface area contributed by atoms with Crippen LogP contribution in [0.15, 0.2) is 36.7 Å². The molecule has 2 rings (SSSR count). The molecule has 0 spiro atoms. The largest absolute Gasteiger partial charge is 2.00 e. The van der Waals surface area contributed by atoms with Crippen molar-refractivity contribution in [2.75, 3.05) is 0 Å². The van der Waals surface area contributed by atoms with Crippen LogP contribution in [0.2, 0.25) is 0 Å². The van der Waals surface area contributed by atoms with E-state index in [-0.39, 0.29) is 77.8 Å². The van der Waals surface area contributed by atoms with Crippen LogP contribution >= 0.6 is 0 Å². The number of rotatable bonds is 1. The van der Waals surface area contributed by atoms with Crippen LogP contribution < -0.4 is 34.0 Å². The van der Waals surface area contributed by atoms with Gasteiger partial charge in [-0.2, -0.15) is 0 Å². The Balaban J connectivity index is -0.00000110. The SMILES string of the molecule is CC(C)(C)c1ccnc(-c2cc(C(C)(C)C)ccn2)c1.[Br-].[Br-].[Ni+2].[Ni+2]. The fourth-order valence-electron chi connectivity index (χ4n) is 2.07. The normalized spacial score (nSPS) is 10.4. The maximum Gasteiger partial charge on any atom is 2.00 e. The summed E-state index contributed by atoms with van der Waals surface area (Å²) in [6.45, 7) is 13.3. The molecule has 0 amide bonds. The number of halogens is 2. The second-order valence-corrected chi connectivity index (χ2v) is 7.36. The van der Waals surface area contributed by atoms with E-state index >= 15 is 0 Å². The van der Waals surface area contributed by atoms with Crippen molar-refractivity contribution in [2.24, 2.45) is 0 Å². The maximum atomic E-state index is 4.48. The molecule has 0 aromatic carbocycles. The zero-order valence-electron chi connectivity index (χ0n) is 14.7. The van der Waals surface area contributed by atoms with Gasteiger partial charge in [-0.15, -0.1) is 0 Å². The first-order valence-corrected chi connectivity index (χ1v) is 7.11. The third-order valence-corrected chi connectivity index (χ3v) is 3.51. The Morgan fingerprint density at radius 3 is 1.17 bits per heavy atom. The van der Waals surface area contributed by atoms with Crippen molar-refractivity contribution in [1.29, 1.82) is 0 Å². The molecule has 2 heterocycles. The number of hydrogen-bond acceptors (Lipinski definition) is 2. The standard InChI is InChI=1S/C18H24N2.2BrH.2Ni/c1-17(2,3)13-7-9-19-15(11-13)16-12-14(8-10-20-16)18(4,5)6;;;;/h7-12H,1-6H3;2*1H;;/q;;;2*+2/p-2. The molecule has 0 aliphatic carbocycles. The molecule has 2 nitrogen and oxygen atoms in total. The van der Waals surface area contributed by atoms with E-state index in [0.717, 1.165) is 11.4 Å². The fourth-order valence-corrected chi connectivity index (χ4v) is 2.07. The van der Waals surface area contributed by atoms with Crippen molar-refractivity contribution in [3.63, 3.8) is 0 Å². The van der Waals surface area contributed by atoms with Crippen LogP contribution in [0.1, 0.15) is 52.7 Å². The zero-order chi connectivity index (χ0) is 15.0. The zero-order valence-corrected chi connectivity index (χ0v) is 19.9. The van der Waals surface area contributed by atoms with Crippen molar-refractivity contribution in [3.8, 4) is 11.4 Å². The minimum Gasteiger partial charge on any atom is -1.00 e. The van der Waals surface area contributed by atoms with E-state index in [0.29, 0.717) is 0 Å². The molecule has 0 aliphatic heterocycles. The third kappa shape index (κ3) is 7.64. The molecule has 0 saturated heterocycles. The summed E-state index contributed by atoms with van der Waals surface area (Å²) < 4.78 is 0. The number of pyridine rings is 2. The summed E-state index contributed by atoms with van der Waals surface area (Å²) in [5.74, 6) is 0. The van der Waals surface area contributed by atoms with Gasteiger partial charge in [0, 0.05) is 12.4 Å². The van der Waals surface area contributed by atoms with Gasteiger partial charge in [-0.1, -0.05) is 41.5 Å². The summed E-state index contributed by atoms with van der Waals surface area (Å²) in [5, 5.41) is 0. The summed E-state index contributed by atoms with van der Waals surface area (Å²) >= 11 is 0. The van der Waals surface area contributed by atoms with E-state index in [1.807, 2.05) is 12.4 Å². The van der Waals surface area contributed by atoms with Crippen LogP contribution in [-0.2, 0) is 43.8 Å². The summed E-state index contributed by atoms with van der Waals surface area (Å²) in [4.78, 5) is 8.97. The molecule has 0 aliphatic rings. The van der Waals surface area contributed by atoms with Crippen molar-refractivity contribution < 1.29 is 66.9 Å². The minimum atomic E-state index is 0. The summed E-state index contributed by atoms with van der Waals surface area (Å²) in [7, 11) is 0. The van der Waals surface area contributed by atoms with E-state index in [4.69, 9.17) is 0 Å². The summed E-state index contributed by atoms with van der Waals surface area (Å²) in [6, 6.07) is 8.46. The van der Waals surface area contributed by atoms with Crippen molar-refractivity contribution in [1.82, 2.24) is 9.97 Å². The van der Waals surface area contributed by atoms with Crippen LogP contribution in [0, 0.1) is 0 Å². The third-order valence-electron chi connectivity index (χ3n) is 3.51. The average Bonchev–Trinajstić information content (AvgIpc) is 2.37. The second kappa shape index (κ2) is 11.1. The van der Waals surface area contributed by atoms with E-state index < -0.39 is 0 Å². The molecule has 0 fully saturated rings. The molecule has 24 heavy (non-hydrogen) atoms. The summed E-state index contributed by atoms with van der Waals surface area (Å²) in [6.07, 6.45) is 3.75. The van der Waals surface area contributed by atoms with Crippen LogP contribution in [0.4, 0.5) is 0 Å². The van der Waals surface area contributed by atoms with E-state index in [1.165, 1.54) is 11.1 Å². The van der Waals surface area contributed by atoms with Crippen LogP contribution in [0.3, 0.4) is 0 Å². The smallest absolute Gasteiger partial charge is 1.00 e. The van der Waals surface area contributed by atoms with Crippen LogP contribution in [0.5, 0.6) is 0 Å². The Hall–Kier alpha value is 0.247. The van der Waals surface area contributed by atoms with Gasteiger partial charge in [-0.25, -0.2) is 0 Å². The Morgan fingerprint density at radius 1 is 0.625 bits per heavy atom. The molecule has 0 atom stereocenters. The molecule has 0 saturated carbocycles. The topological polar surface area (TPSA) is 25.8 Å². The van der Waals surface area contributed by atoms with Gasteiger partial charge in [0.25, 0.3) is 0 Å². The van der Waals surface area contributed by atoms with Gasteiger partial charge in [0.15, 0.2) is 0 Å². The quantitative estimate of drug-likeness (QED) is 0.419. The minimum absolute atomic E-state index is 0. The van der Waals surface area contributed by atoms with Gasteiger partial charge in [-0.3, -0.25) is 9.97 Å². The van der Waals surface area contributed by atoms with Gasteiger partial charge in [-0.05, 0) is 46.2 Å². The predicted octanol–water partition coefficient (Wildman–Crippen LogP) is -1.26. The van der Waals surface area contributed by atoms with Crippen LogP contribution in [-0.4, -0.2) is 9.97 Å². The molecule has 138 valence electrons. The van der Waals surface area contributed by atoms with Gasteiger partial charge in [0.2, 0.25) is 0 Å². The van der Waals surface area contributed by atoms with Crippen molar-refractivity contribution in [2.45, 2.75) is 52.4 Å². The maximum absolute atomic E-state index is 4.48. The molecule has 0 bridgehead atoms.